The molecule has 1 saturated carbocycles. The highest BCUT2D eigenvalue weighted by Gasteiger charge is 2.33. The van der Waals surface area contributed by atoms with Crippen LogP contribution in [0.15, 0.2) is 42.6 Å². The summed E-state index contributed by atoms with van der Waals surface area (Å²) in [5, 5.41) is 10.2. The summed E-state index contributed by atoms with van der Waals surface area (Å²) in [6, 6.07) is 9.69. The summed E-state index contributed by atoms with van der Waals surface area (Å²) >= 11 is 6.27. The molecule has 0 aliphatic heterocycles. The molecule has 0 bridgehead atoms. The number of carbonyl (C=O) groups is 2. The summed E-state index contributed by atoms with van der Waals surface area (Å²) in [5.41, 5.74) is 3.42. The topological polar surface area (TPSA) is 76.0 Å². The molecule has 6 nitrogen and oxygen atoms in total. The number of aromatic nitrogens is 2. The Hall–Kier alpha value is -3.19. The number of rotatable bonds is 5. The van der Waals surface area contributed by atoms with E-state index in [0.717, 1.165) is 29.8 Å². The molecule has 0 radical (unpaired) electrons. The van der Waals surface area contributed by atoms with Gasteiger partial charge in [-0.25, -0.2) is 9.07 Å². The number of nitrogens with zero attached hydrogens (tertiary/aromatic N) is 2. The molecule has 2 aromatic carbocycles. The van der Waals surface area contributed by atoms with Gasteiger partial charge in [-0.1, -0.05) is 17.7 Å². The largest absolute Gasteiger partial charge is 0.324 e. The lowest BCUT2D eigenvalue weighted by Crippen LogP contribution is -2.15. The van der Waals surface area contributed by atoms with Crippen molar-refractivity contribution in [2.45, 2.75) is 32.6 Å². The first-order chi connectivity index (χ1) is 14.3. The van der Waals surface area contributed by atoms with E-state index in [1.165, 1.54) is 31.3 Å². The van der Waals surface area contributed by atoms with Crippen LogP contribution in [0, 0.1) is 12.7 Å². The molecule has 1 aliphatic carbocycles. The predicted octanol–water partition coefficient (Wildman–Crippen LogP) is 5.06. The highest BCUT2D eigenvalue weighted by Crippen LogP contribution is 2.42. The van der Waals surface area contributed by atoms with E-state index < -0.39 is 11.7 Å². The van der Waals surface area contributed by atoms with E-state index in [9.17, 15) is 14.0 Å². The highest BCUT2D eigenvalue weighted by molar-refractivity contribution is 6.31. The number of halogens is 2. The molecule has 1 aromatic heterocycles. The summed E-state index contributed by atoms with van der Waals surface area (Å²) in [4.78, 5) is 24.2. The molecule has 1 heterocycles. The van der Waals surface area contributed by atoms with E-state index in [1.807, 2.05) is 25.1 Å². The Morgan fingerprint density at radius 1 is 1.17 bits per heavy atom. The minimum atomic E-state index is -0.578. The van der Waals surface area contributed by atoms with Crippen molar-refractivity contribution in [3.63, 3.8) is 0 Å². The molecule has 0 spiro atoms. The summed E-state index contributed by atoms with van der Waals surface area (Å²) in [5.74, 6) is -1.07. The Kier molecular flexibility index (Phi) is 5.30. The predicted molar refractivity (Wildman–Crippen MR) is 114 cm³/mol. The molecule has 0 unspecified atom stereocenters. The third kappa shape index (κ3) is 4.07. The molecule has 1 aliphatic rings. The van der Waals surface area contributed by atoms with Crippen LogP contribution in [0.2, 0.25) is 5.02 Å². The van der Waals surface area contributed by atoms with Gasteiger partial charge in [0.25, 0.3) is 5.91 Å². The molecule has 0 atom stereocenters. The maximum atomic E-state index is 13.9. The van der Waals surface area contributed by atoms with Crippen molar-refractivity contribution in [1.29, 1.82) is 0 Å². The van der Waals surface area contributed by atoms with Gasteiger partial charge in [0.15, 0.2) is 0 Å². The van der Waals surface area contributed by atoms with E-state index in [4.69, 9.17) is 11.6 Å². The summed E-state index contributed by atoms with van der Waals surface area (Å²) in [6.45, 7) is 3.21. The fourth-order valence-electron chi connectivity index (χ4n) is 3.29. The van der Waals surface area contributed by atoms with Gasteiger partial charge in [0.2, 0.25) is 5.91 Å². The fourth-order valence-corrected chi connectivity index (χ4v) is 3.46. The van der Waals surface area contributed by atoms with E-state index >= 15 is 0 Å². The van der Waals surface area contributed by atoms with Crippen molar-refractivity contribution in [3.05, 3.63) is 70.3 Å². The highest BCUT2D eigenvalue weighted by atomic mass is 35.5. The number of hydrogen-bond donors (Lipinski definition) is 2. The van der Waals surface area contributed by atoms with Crippen molar-refractivity contribution in [3.8, 4) is 5.69 Å². The second-order valence-corrected chi connectivity index (χ2v) is 7.80. The van der Waals surface area contributed by atoms with E-state index in [-0.39, 0.29) is 17.5 Å². The molecule has 3 aromatic rings. The van der Waals surface area contributed by atoms with Crippen molar-refractivity contribution >= 4 is 34.8 Å². The van der Waals surface area contributed by atoms with E-state index in [1.54, 1.807) is 4.68 Å². The zero-order chi connectivity index (χ0) is 21.4. The number of carbonyl (C=O) groups excluding carboxylic acids is 2. The van der Waals surface area contributed by atoms with Crippen LogP contribution in [0.3, 0.4) is 0 Å². The number of hydrogen-bond acceptors (Lipinski definition) is 3. The van der Waals surface area contributed by atoms with Crippen LogP contribution in [0.1, 0.15) is 47.3 Å². The Morgan fingerprint density at radius 3 is 2.60 bits per heavy atom. The van der Waals surface area contributed by atoms with Gasteiger partial charge in [0.1, 0.15) is 5.82 Å². The second-order valence-electron chi connectivity index (χ2n) is 7.39. The molecule has 30 heavy (non-hydrogen) atoms. The Bertz CT molecular complexity index is 1150. The molecule has 4 rings (SSSR count). The Labute approximate surface area is 178 Å². The quantitative estimate of drug-likeness (QED) is 0.598. The number of anilines is 2. The number of benzene rings is 2. The van der Waals surface area contributed by atoms with Gasteiger partial charge < -0.3 is 10.6 Å². The van der Waals surface area contributed by atoms with Crippen LogP contribution in [-0.2, 0) is 4.79 Å². The first kappa shape index (κ1) is 20.1. The zero-order valence-corrected chi connectivity index (χ0v) is 17.3. The van der Waals surface area contributed by atoms with Crippen LogP contribution in [0.5, 0.6) is 0 Å². The third-order valence-electron chi connectivity index (χ3n) is 4.95. The lowest BCUT2D eigenvalue weighted by molar-refractivity contribution is -0.114. The van der Waals surface area contributed by atoms with E-state index in [2.05, 4.69) is 15.7 Å². The Morgan fingerprint density at radius 2 is 1.93 bits per heavy atom. The molecule has 2 N–H and O–H groups in total. The average molecular weight is 427 g/mol. The second kappa shape index (κ2) is 7.91. The van der Waals surface area contributed by atoms with Gasteiger partial charge in [-0.05, 0) is 55.7 Å². The maximum Gasteiger partial charge on any atom is 0.259 e. The van der Waals surface area contributed by atoms with Gasteiger partial charge in [-0.3, -0.25) is 9.59 Å². The lowest BCUT2D eigenvalue weighted by atomic mass is 10.1. The van der Waals surface area contributed by atoms with Gasteiger partial charge in [0.05, 0.1) is 28.8 Å². The standard InChI is InChI=1S/C22H20ClFN4O2/c1-12-3-7-16(10-18(12)23)28-21(14-4-5-14)17(11-25-28)22(30)27-15-6-8-19(24)20(9-15)26-13(2)29/h3,6-11,14H,4-5H2,1-2H3,(H,26,29)(H,27,30). The summed E-state index contributed by atoms with van der Waals surface area (Å²) in [7, 11) is 0. The van der Waals surface area contributed by atoms with Crippen LogP contribution in [-0.4, -0.2) is 21.6 Å². The molecule has 154 valence electrons. The smallest absolute Gasteiger partial charge is 0.259 e. The number of amides is 2. The minimum absolute atomic E-state index is 0.00714. The monoisotopic (exact) mass is 426 g/mol. The van der Waals surface area contributed by atoms with Gasteiger partial charge in [-0.15, -0.1) is 0 Å². The number of nitrogens with one attached hydrogen (secondary N) is 2. The van der Waals surface area contributed by atoms with Crippen molar-refractivity contribution in [1.82, 2.24) is 9.78 Å². The molecule has 2 amide bonds. The van der Waals surface area contributed by atoms with Crippen LogP contribution < -0.4 is 10.6 Å². The first-order valence-corrected chi connectivity index (χ1v) is 9.94. The van der Waals surface area contributed by atoms with Crippen molar-refractivity contribution in [2.24, 2.45) is 0 Å². The SMILES string of the molecule is CC(=O)Nc1cc(NC(=O)c2cnn(-c3ccc(C)c(Cl)c3)c2C2CC2)ccc1F. The third-order valence-corrected chi connectivity index (χ3v) is 5.36. The molecule has 0 saturated heterocycles. The van der Waals surface area contributed by atoms with Crippen LogP contribution >= 0.6 is 11.6 Å². The molecule has 8 heteroatoms. The first-order valence-electron chi connectivity index (χ1n) is 9.56. The van der Waals surface area contributed by atoms with Gasteiger partial charge >= 0.3 is 0 Å². The van der Waals surface area contributed by atoms with Gasteiger partial charge in [-0.2, -0.15) is 5.10 Å². The fraction of sp³-hybridized carbons (Fsp3) is 0.227. The van der Waals surface area contributed by atoms with Crippen molar-refractivity contribution in [2.75, 3.05) is 10.6 Å². The van der Waals surface area contributed by atoms with Crippen LogP contribution in [0.25, 0.3) is 5.69 Å². The van der Waals surface area contributed by atoms with Gasteiger partial charge in [0, 0.05) is 23.6 Å². The zero-order valence-electron chi connectivity index (χ0n) is 16.5. The Balaban J connectivity index is 1.64. The molecular formula is C22H20ClFN4O2. The normalized spacial score (nSPS) is 13.2. The van der Waals surface area contributed by atoms with E-state index in [0.29, 0.717) is 16.3 Å². The molecular weight excluding hydrogens is 407 g/mol. The van der Waals surface area contributed by atoms with Crippen molar-refractivity contribution < 1.29 is 14.0 Å². The minimum Gasteiger partial charge on any atom is -0.324 e. The summed E-state index contributed by atoms with van der Waals surface area (Å²) in [6.07, 6.45) is 3.50. The molecule has 1 fully saturated rings. The lowest BCUT2D eigenvalue weighted by Gasteiger charge is -2.11. The average Bonchev–Trinajstić information content (AvgIpc) is 3.44. The summed E-state index contributed by atoms with van der Waals surface area (Å²) < 4.78 is 15.6. The number of aryl methyl sites for hydroxylation is 1. The van der Waals surface area contributed by atoms with Crippen LogP contribution in [0.4, 0.5) is 15.8 Å². The maximum absolute atomic E-state index is 13.9.